The van der Waals surface area contributed by atoms with Gasteiger partial charge in [0.05, 0.1) is 0 Å². The van der Waals surface area contributed by atoms with E-state index in [1.54, 1.807) is 6.07 Å². The van der Waals surface area contributed by atoms with E-state index in [9.17, 15) is 4.39 Å². The van der Waals surface area contributed by atoms with E-state index in [0.29, 0.717) is 16.7 Å². The lowest BCUT2D eigenvalue weighted by molar-refractivity contribution is 0.489. The molecule has 0 aliphatic heterocycles. The van der Waals surface area contributed by atoms with Crippen LogP contribution in [0.25, 0.3) is 11.0 Å². The molecule has 2 aromatic rings. The van der Waals surface area contributed by atoms with Crippen molar-refractivity contribution in [3.8, 4) is 12.3 Å². The van der Waals surface area contributed by atoms with Gasteiger partial charge in [-0.15, -0.1) is 6.42 Å². The van der Waals surface area contributed by atoms with Crippen molar-refractivity contribution in [2.75, 3.05) is 0 Å². The van der Waals surface area contributed by atoms with Gasteiger partial charge in [0.1, 0.15) is 23.2 Å². The molecule has 82 valence electrons. The minimum Gasteiger partial charge on any atom is -0.458 e. The van der Waals surface area contributed by atoms with Crippen LogP contribution in [0.5, 0.6) is 0 Å². The van der Waals surface area contributed by atoms with E-state index >= 15 is 0 Å². The van der Waals surface area contributed by atoms with Gasteiger partial charge < -0.3 is 4.42 Å². The minimum atomic E-state index is -0.504. The SMILES string of the molecule is C#CC(NN)c1oc2ccc(F)cc2c1C. The summed E-state index contributed by atoms with van der Waals surface area (Å²) in [5.41, 5.74) is 3.86. The normalized spacial score (nSPS) is 12.6. The molecule has 1 aromatic carbocycles. The predicted molar refractivity (Wildman–Crippen MR) is 59.8 cm³/mol. The number of halogens is 1. The molecule has 3 nitrogen and oxygen atoms in total. The first-order chi connectivity index (χ1) is 7.67. The Morgan fingerprint density at radius 1 is 1.56 bits per heavy atom. The summed E-state index contributed by atoms with van der Waals surface area (Å²) in [7, 11) is 0. The minimum absolute atomic E-state index is 0.305. The third kappa shape index (κ3) is 1.56. The molecule has 1 aromatic heterocycles. The topological polar surface area (TPSA) is 51.2 Å². The van der Waals surface area contributed by atoms with E-state index in [1.807, 2.05) is 6.92 Å². The second-order valence-corrected chi connectivity index (χ2v) is 3.50. The number of furan rings is 1. The van der Waals surface area contributed by atoms with Crippen LogP contribution in [0.1, 0.15) is 17.4 Å². The third-order valence-electron chi connectivity index (χ3n) is 2.53. The van der Waals surface area contributed by atoms with Crippen LogP contribution >= 0.6 is 0 Å². The standard InChI is InChI=1S/C12H11FN2O/c1-3-10(15-14)12-7(2)9-6-8(13)4-5-11(9)16-12/h1,4-6,10,15H,14H2,2H3. The molecule has 3 N–H and O–H groups in total. The number of rotatable bonds is 2. The van der Waals surface area contributed by atoms with Crippen LogP contribution < -0.4 is 11.3 Å². The number of nitrogens with one attached hydrogen (secondary N) is 1. The average molecular weight is 218 g/mol. The highest BCUT2D eigenvalue weighted by atomic mass is 19.1. The van der Waals surface area contributed by atoms with Crippen molar-refractivity contribution in [3.63, 3.8) is 0 Å². The van der Waals surface area contributed by atoms with E-state index in [4.69, 9.17) is 16.7 Å². The van der Waals surface area contributed by atoms with E-state index in [-0.39, 0.29) is 5.82 Å². The molecule has 0 bridgehead atoms. The fourth-order valence-electron chi connectivity index (χ4n) is 1.69. The Morgan fingerprint density at radius 3 is 2.94 bits per heavy atom. The highest BCUT2D eigenvalue weighted by Gasteiger charge is 2.17. The fraction of sp³-hybridized carbons (Fsp3) is 0.167. The molecule has 16 heavy (non-hydrogen) atoms. The van der Waals surface area contributed by atoms with Crippen LogP contribution in [-0.4, -0.2) is 0 Å². The second kappa shape index (κ2) is 3.97. The Morgan fingerprint density at radius 2 is 2.31 bits per heavy atom. The molecule has 0 radical (unpaired) electrons. The van der Waals surface area contributed by atoms with Crippen LogP contribution in [0.2, 0.25) is 0 Å². The van der Waals surface area contributed by atoms with Crippen molar-refractivity contribution in [3.05, 3.63) is 35.3 Å². The van der Waals surface area contributed by atoms with Crippen molar-refractivity contribution in [1.82, 2.24) is 5.43 Å². The van der Waals surface area contributed by atoms with Gasteiger partial charge in [-0.1, -0.05) is 5.92 Å². The maximum absolute atomic E-state index is 13.1. The number of nitrogens with two attached hydrogens (primary N) is 1. The smallest absolute Gasteiger partial charge is 0.140 e. The van der Waals surface area contributed by atoms with Crippen molar-refractivity contribution in [2.24, 2.45) is 5.84 Å². The molecular formula is C12H11FN2O. The Hall–Kier alpha value is -1.83. The Kier molecular flexibility index (Phi) is 2.65. The van der Waals surface area contributed by atoms with E-state index < -0.39 is 6.04 Å². The summed E-state index contributed by atoms with van der Waals surface area (Å²) in [4.78, 5) is 0. The van der Waals surface area contributed by atoms with Gasteiger partial charge in [0.2, 0.25) is 0 Å². The van der Waals surface area contributed by atoms with E-state index in [0.717, 1.165) is 5.56 Å². The maximum Gasteiger partial charge on any atom is 0.140 e. The summed E-state index contributed by atoms with van der Waals surface area (Å²) in [5, 5.41) is 0.713. The lowest BCUT2D eigenvalue weighted by atomic mass is 10.1. The highest BCUT2D eigenvalue weighted by molar-refractivity contribution is 5.82. The quantitative estimate of drug-likeness (QED) is 0.460. The molecule has 1 heterocycles. The first kappa shape index (κ1) is 10.7. The lowest BCUT2D eigenvalue weighted by Gasteiger charge is -2.05. The first-order valence-electron chi connectivity index (χ1n) is 4.78. The van der Waals surface area contributed by atoms with Gasteiger partial charge in [0.15, 0.2) is 0 Å². The maximum atomic E-state index is 13.1. The van der Waals surface area contributed by atoms with Crippen LogP contribution in [0.3, 0.4) is 0 Å². The van der Waals surface area contributed by atoms with Gasteiger partial charge in [0.25, 0.3) is 0 Å². The molecule has 1 unspecified atom stereocenters. The molecule has 0 aliphatic carbocycles. The van der Waals surface area contributed by atoms with Gasteiger partial charge in [-0.25, -0.2) is 9.82 Å². The molecule has 0 saturated heterocycles. The van der Waals surface area contributed by atoms with Gasteiger partial charge >= 0.3 is 0 Å². The zero-order valence-corrected chi connectivity index (χ0v) is 8.75. The molecule has 0 fully saturated rings. The average Bonchev–Trinajstić information content (AvgIpc) is 2.59. The molecule has 0 spiro atoms. The van der Waals surface area contributed by atoms with Gasteiger partial charge in [0, 0.05) is 10.9 Å². The molecule has 0 saturated carbocycles. The lowest BCUT2D eigenvalue weighted by Crippen LogP contribution is -2.26. The number of hydrazine groups is 1. The summed E-state index contributed by atoms with van der Waals surface area (Å²) in [5.74, 6) is 8.01. The third-order valence-corrected chi connectivity index (χ3v) is 2.53. The van der Waals surface area contributed by atoms with Crippen molar-refractivity contribution in [2.45, 2.75) is 13.0 Å². The highest BCUT2D eigenvalue weighted by Crippen LogP contribution is 2.29. The fourth-order valence-corrected chi connectivity index (χ4v) is 1.69. The molecule has 4 heteroatoms. The monoisotopic (exact) mass is 218 g/mol. The summed E-state index contributed by atoms with van der Waals surface area (Å²) < 4.78 is 18.6. The van der Waals surface area contributed by atoms with Crippen molar-refractivity contribution >= 4 is 11.0 Å². The Balaban J connectivity index is 2.65. The number of hydrogen-bond acceptors (Lipinski definition) is 3. The largest absolute Gasteiger partial charge is 0.458 e. The number of fused-ring (bicyclic) bond motifs is 1. The van der Waals surface area contributed by atoms with Gasteiger partial charge in [-0.3, -0.25) is 5.84 Å². The number of hydrogen-bond donors (Lipinski definition) is 2. The summed E-state index contributed by atoms with van der Waals surface area (Å²) >= 11 is 0. The summed E-state index contributed by atoms with van der Waals surface area (Å²) in [6, 6.07) is 3.83. The van der Waals surface area contributed by atoms with Crippen molar-refractivity contribution in [1.29, 1.82) is 0 Å². The van der Waals surface area contributed by atoms with Crippen molar-refractivity contribution < 1.29 is 8.81 Å². The van der Waals surface area contributed by atoms with Crippen LogP contribution in [0.15, 0.2) is 22.6 Å². The molecular weight excluding hydrogens is 207 g/mol. The number of terminal acetylenes is 1. The van der Waals surface area contributed by atoms with E-state index in [2.05, 4.69) is 11.3 Å². The Bertz CT molecular complexity index is 568. The summed E-state index contributed by atoms with van der Waals surface area (Å²) in [6.07, 6.45) is 5.31. The molecule has 2 rings (SSSR count). The van der Waals surface area contributed by atoms with E-state index in [1.165, 1.54) is 12.1 Å². The first-order valence-corrected chi connectivity index (χ1v) is 4.78. The van der Waals surface area contributed by atoms with Crippen LogP contribution in [0.4, 0.5) is 4.39 Å². The number of benzene rings is 1. The predicted octanol–water partition coefficient (Wildman–Crippen LogP) is 2.02. The zero-order chi connectivity index (χ0) is 11.7. The molecule has 0 aliphatic rings. The number of aryl methyl sites for hydroxylation is 1. The summed E-state index contributed by atoms with van der Waals surface area (Å²) in [6.45, 7) is 1.82. The van der Waals surface area contributed by atoms with Crippen LogP contribution in [-0.2, 0) is 0 Å². The van der Waals surface area contributed by atoms with Gasteiger partial charge in [-0.2, -0.15) is 0 Å². The second-order valence-electron chi connectivity index (χ2n) is 3.50. The molecule has 0 amide bonds. The zero-order valence-electron chi connectivity index (χ0n) is 8.75. The van der Waals surface area contributed by atoms with Crippen LogP contribution in [0, 0.1) is 25.1 Å². The molecule has 1 atom stereocenters. The Labute approximate surface area is 92.4 Å². The van der Waals surface area contributed by atoms with Gasteiger partial charge in [-0.05, 0) is 25.1 Å².